The summed E-state index contributed by atoms with van der Waals surface area (Å²) in [4.78, 5) is 33.1. The van der Waals surface area contributed by atoms with E-state index in [1.807, 2.05) is 4.57 Å². The van der Waals surface area contributed by atoms with Gasteiger partial charge in [0.05, 0.1) is 35.5 Å². The Bertz CT molecular complexity index is 1630. The van der Waals surface area contributed by atoms with Gasteiger partial charge < -0.3 is 34.6 Å². The van der Waals surface area contributed by atoms with Crippen molar-refractivity contribution in [1.29, 1.82) is 0 Å². The van der Waals surface area contributed by atoms with E-state index in [0.29, 0.717) is 22.3 Å². The molecule has 0 fully saturated rings. The van der Waals surface area contributed by atoms with Crippen LogP contribution in [0.1, 0.15) is 42.2 Å². The van der Waals surface area contributed by atoms with Crippen LogP contribution < -0.4 is 5.32 Å². The maximum atomic E-state index is 13.2. The van der Waals surface area contributed by atoms with Gasteiger partial charge in [-0.2, -0.15) is 0 Å². The van der Waals surface area contributed by atoms with Crippen LogP contribution in [0.15, 0.2) is 65.6 Å². The Hall–Kier alpha value is -4.57. The van der Waals surface area contributed by atoms with Gasteiger partial charge in [0, 0.05) is 29.1 Å². The number of hydrogen-bond donors (Lipinski definition) is 5. The first kappa shape index (κ1) is 26.1. The lowest BCUT2D eigenvalue weighted by Gasteiger charge is -2.25. The summed E-state index contributed by atoms with van der Waals surface area (Å²) in [5.74, 6) is -0.888. The van der Waals surface area contributed by atoms with E-state index in [2.05, 4.69) is 24.1 Å². The predicted octanol–water partition coefficient (Wildman–Crippen LogP) is 4.49. The van der Waals surface area contributed by atoms with Crippen molar-refractivity contribution in [1.82, 2.24) is 19.9 Å². The number of aliphatic hydroxyl groups is 1. The SMILES string of the molecule is CC[C@@H](C)[C@H](CO)n1c(-c2ccoc2)nc2cc(C(=O)N[C@@H](Cc3c[nH]c4ccc(O)cc34)C(=O)O)ccc21. The first-order chi connectivity index (χ1) is 18.8. The van der Waals surface area contributed by atoms with Crippen molar-refractivity contribution in [3.05, 3.63) is 72.3 Å². The van der Waals surface area contributed by atoms with Crippen LogP contribution >= 0.6 is 0 Å². The van der Waals surface area contributed by atoms with Crippen LogP contribution in [0.3, 0.4) is 0 Å². The molecule has 5 aromatic rings. The van der Waals surface area contributed by atoms with E-state index >= 15 is 0 Å². The lowest BCUT2D eigenvalue weighted by Crippen LogP contribution is -2.42. The maximum Gasteiger partial charge on any atom is 0.326 e. The van der Waals surface area contributed by atoms with Crippen LogP contribution in [0.25, 0.3) is 33.3 Å². The van der Waals surface area contributed by atoms with E-state index in [1.165, 1.54) is 0 Å². The molecule has 202 valence electrons. The minimum atomic E-state index is -1.20. The number of aromatic hydroxyl groups is 1. The molecule has 0 unspecified atom stereocenters. The number of aromatic nitrogens is 3. The number of amides is 1. The van der Waals surface area contributed by atoms with E-state index in [0.717, 1.165) is 23.0 Å². The molecule has 5 N–H and O–H groups in total. The monoisotopic (exact) mass is 530 g/mol. The number of carbonyl (C=O) groups is 2. The van der Waals surface area contributed by atoms with E-state index in [1.54, 1.807) is 61.2 Å². The minimum Gasteiger partial charge on any atom is -0.508 e. The maximum absolute atomic E-state index is 13.2. The largest absolute Gasteiger partial charge is 0.508 e. The standard InChI is InChI=1S/C29H30N4O6/c1-3-16(2)26(14-34)33-25-7-4-17(10-23(25)31-27(33)18-8-9-39-15-18)28(36)32-24(29(37)38)11-19-13-30-22-6-5-20(35)12-21(19)22/h4-10,12-13,15-16,24,26,30,34-35H,3,11,14H2,1-2H3,(H,32,36)(H,37,38)/t16-,24+,26+/m1/s1. The zero-order valence-corrected chi connectivity index (χ0v) is 21.6. The second-order valence-corrected chi connectivity index (χ2v) is 9.77. The molecule has 1 amide bonds. The summed E-state index contributed by atoms with van der Waals surface area (Å²) < 4.78 is 7.25. The van der Waals surface area contributed by atoms with Crippen molar-refractivity contribution in [2.75, 3.05) is 6.61 Å². The van der Waals surface area contributed by atoms with Gasteiger partial charge in [-0.25, -0.2) is 9.78 Å². The van der Waals surface area contributed by atoms with Gasteiger partial charge in [-0.15, -0.1) is 0 Å². The van der Waals surface area contributed by atoms with E-state index in [-0.39, 0.29) is 36.3 Å². The number of phenols is 1. The normalized spacial score (nSPS) is 13.9. The first-order valence-corrected chi connectivity index (χ1v) is 12.8. The second kappa shape index (κ2) is 10.7. The number of hydrogen-bond acceptors (Lipinski definition) is 6. The average molecular weight is 531 g/mol. The third-order valence-electron chi connectivity index (χ3n) is 7.33. The summed E-state index contributed by atoms with van der Waals surface area (Å²) in [6, 6.07) is 10.2. The molecule has 0 spiro atoms. The summed E-state index contributed by atoms with van der Waals surface area (Å²) in [6.45, 7) is 4.04. The molecular formula is C29H30N4O6. The highest BCUT2D eigenvalue weighted by Gasteiger charge is 2.26. The van der Waals surface area contributed by atoms with Gasteiger partial charge in [0.2, 0.25) is 0 Å². The fourth-order valence-electron chi connectivity index (χ4n) is 4.96. The zero-order chi connectivity index (χ0) is 27.7. The Morgan fingerprint density at radius 2 is 2.00 bits per heavy atom. The molecule has 10 heteroatoms. The smallest absolute Gasteiger partial charge is 0.326 e. The van der Waals surface area contributed by atoms with Crippen molar-refractivity contribution in [3.63, 3.8) is 0 Å². The highest BCUT2D eigenvalue weighted by molar-refractivity contribution is 6.00. The van der Waals surface area contributed by atoms with Crippen LogP contribution in [0.5, 0.6) is 5.75 Å². The van der Waals surface area contributed by atoms with Crippen LogP contribution in [-0.4, -0.2) is 54.4 Å². The molecule has 39 heavy (non-hydrogen) atoms. The number of H-pyrrole nitrogens is 1. The highest BCUT2D eigenvalue weighted by Crippen LogP contribution is 2.33. The van der Waals surface area contributed by atoms with Crippen molar-refractivity contribution in [2.45, 2.75) is 38.8 Å². The van der Waals surface area contributed by atoms with E-state index in [9.17, 15) is 24.9 Å². The molecule has 0 bridgehead atoms. The Labute approximate surface area is 223 Å². The molecule has 0 aliphatic heterocycles. The summed E-state index contributed by atoms with van der Waals surface area (Å²) in [6.07, 6.45) is 5.69. The number of furan rings is 1. The van der Waals surface area contributed by atoms with Crippen molar-refractivity contribution in [2.24, 2.45) is 5.92 Å². The molecule has 0 radical (unpaired) electrons. The number of imidazole rings is 1. The number of nitrogens with one attached hydrogen (secondary N) is 2. The summed E-state index contributed by atoms with van der Waals surface area (Å²) in [5, 5.41) is 33.3. The topological polar surface area (TPSA) is 154 Å². The molecule has 0 saturated carbocycles. The Kier molecular flexibility index (Phi) is 7.12. The molecule has 0 aliphatic carbocycles. The third-order valence-corrected chi connectivity index (χ3v) is 7.33. The quantitative estimate of drug-likeness (QED) is 0.178. The number of carboxylic acids is 1. The van der Waals surface area contributed by atoms with Crippen LogP contribution in [0, 0.1) is 5.92 Å². The molecule has 10 nitrogen and oxygen atoms in total. The first-order valence-electron chi connectivity index (χ1n) is 12.8. The molecule has 3 heterocycles. The Morgan fingerprint density at radius 3 is 2.69 bits per heavy atom. The second-order valence-electron chi connectivity index (χ2n) is 9.77. The van der Waals surface area contributed by atoms with Crippen molar-refractivity contribution in [3.8, 4) is 17.1 Å². The fraction of sp³-hybridized carbons (Fsp3) is 0.276. The van der Waals surface area contributed by atoms with Gasteiger partial charge in [0.25, 0.3) is 5.91 Å². The number of aromatic amines is 1. The van der Waals surface area contributed by atoms with E-state index < -0.39 is 17.9 Å². The number of fused-ring (bicyclic) bond motifs is 2. The number of rotatable bonds is 10. The summed E-state index contributed by atoms with van der Waals surface area (Å²) in [5.41, 5.74) is 3.71. The lowest BCUT2D eigenvalue weighted by molar-refractivity contribution is -0.139. The van der Waals surface area contributed by atoms with Crippen molar-refractivity contribution < 1.29 is 29.3 Å². The molecule has 3 aromatic heterocycles. The Balaban J connectivity index is 1.46. The highest BCUT2D eigenvalue weighted by atomic mass is 16.4. The van der Waals surface area contributed by atoms with E-state index in [4.69, 9.17) is 9.40 Å². The molecule has 2 aromatic carbocycles. The van der Waals surface area contributed by atoms with Crippen LogP contribution in [0.2, 0.25) is 0 Å². The molecular weight excluding hydrogens is 500 g/mol. The van der Waals surface area contributed by atoms with Gasteiger partial charge in [0.1, 0.15) is 23.9 Å². The van der Waals surface area contributed by atoms with Gasteiger partial charge >= 0.3 is 5.97 Å². The van der Waals surface area contributed by atoms with Gasteiger partial charge in [0.15, 0.2) is 0 Å². The number of phenolic OH excluding ortho intramolecular Hbond substituents is 1. The zero-order valence-electron chi connectivity index (χ0n) is 21.6. The fourth-order valence-corrected chi connectivity index (χ4v) is 4.96. The molecule has 0 saturated heterocycles. The van der Waals surface area contributed by atoms with Crippen LogP contribution in [-0.2, 0) is 11.2 Å². The predicted molar refractivity (Wildman–Crippen MR) is 146 cm³/mol. The number of benzene rings is 2. The number of nitrogens with zero attached hydrogens (tertiary/aromatic N) is 2. The van der Waals surface area contributed by atoms with Crippen LogP contribution in [0.4, 0.5) is 0 Å². The summed E-state index contributed by atoms with van der Waals surface area (Å²) in [7, 11) is 0. The van der Waals surface area contributed by atoms with Gasteiger partial charge in [-0.1, -0.05) is 20.3 Å². The number of carboxylic acid groups (broad SMARTS) is 1. The van der Waals surface area contributed by atoms with Gasteiger partial charge in [-0.05, 0) is 53.9 Å². The number of carbonyl (C=O) groups excluding carboxylic acids is 1. The number of aliphatic carboxylic acids is 1. The molecule has 3 atom stereocenters. The summed E-state index contributed by atoms with van der Waals surface area (Å²) >= 11 is 0. The van der Waals surface area contributed by atoms with Gasteiger partial charge in [-0.3, -0.25) is 4.79 Å². The third kappa shape index (κ3) is 4.98. The van der Waals surface area contributed by atoms with Crippen molar-refractivity contribution >= 4 is 33.8 Å². The number of aliphatic hydroxyl groups excluding tert-OH is 1. The Morgan fingerprint density at radius 1 is 1.18 bits per heavy atom. The molecule has 5 rings (SSSR count). The minimum absolute atomic E-state index is 0.0269. The average Bonchev–Trinajstić information content (AvgIpc) is 3.67. The lowest BCUT2D eigenvalue weighted by atomic mass is 9.99. The molecule has 0 aliphatic rings.